The molecule has 1 amide bonds. The lowest BCUT2D eigenvalue weighted by molar-refractivity contribution is -0.111. The van der Waals surface area contributed by atoms with Crippen LogP contribution in [0, 0.1) is 16.3 Å². The van der Waals surface area contributed by atoms with Gasteiger partial charge >= 0.3 is 0 Å². The van der Waals surface area contributed by atoms with Gasteiger partial charge in [0.15, 0.2) is 0 Å². The average molecular weight is 381 g/mol. The molecule has 2 aromatic carbocycles. The summed E-state index contributed by atoms with van der Waals surface area (Å²) in [5, 5.41) is 2.82. The molecule has 102 valence electrons. The lowest BCUT2D eigenvalue weighted by Crippen LogP contribution is -2.08. The number of halogens is 2. The van der Waals surface area contributed by atoms with E-state index in [2.05, 4.69) is 27.9 Å². The second kappa shape index (κ2) is 6.65. The maximum Gasteiger partial charge on any atom is 0.248 e. The highest BCUT2D eigenvalue weighted by atomic mass is 127. The number of nitrogens with one attached hydrogen (secondary N) is 1. The topological polar surface area (TPSA) is 29.1 Å². The van der Waals surface area contributed by atoms with E-state index in [0.717, 1.165) is 20.4 Å². The van der Waals surface area contributed by atoms with E-state index in [4.69, 9.17) is 0 Å². The summed E-state index contributed by atoms with van der Waals surface area (Å²) in [5.41, 5.74) is 2.58. The Morgan fingerprint density at radius 3 is 2.55 bits per heavy atom. The van der Waals surface area contributed by atoms with Gasteiger partial charge in [-0.15, -0.1) is 0 Å². The molecule has 0 bridgehead atoms. The minimum Gasteiger partial charge on any atom is -0.322 e. The van der Waals surface area contributed by atoms with Crippen molar-refractivity contribution in [2.24, 2.45) is 0 Å². The van der Waals surface area contributed by atoms with E-state index in [1.807, 2.05) is 25.1 Å². The van der Waals surface area contributed by atoms with Crippen LogP contribution in [0.15, 0.2) is 48.5 Å². The van der Waals surface area contributed by atoms with Crippen molar-refractivity contribution in [2.45, 2.75) is 6.92 Å². The molecule has 0 atom stereocenters. The smallest absolute Gasteiger partial charge is 0.248 e. The fraction of sp³-hybridized carbons (Fsp3) is 0.0625. The predicted molar refractivity (Wildman–Crippen MR) is 88.0 cm³/mol. The largest absolute Gasteiger partial charge is 0.322 e. The monoisotopic (exact) mass is 381 g/mol. The zero-order valence-corrected chi connectivity index (χ0v) is 13.0. The van der Waals surface area contributed by atoms with Gasteiger partial charge in [-0.3, -0.25) is 4.79 Å². The van der Waals surface area contributed by atoms with E-state index in [9.17, 15) is 9.18 Å². The molecule has 1 N–H and O–H groups in total. The third-order valence-electron chi connectivity index (χ3n) is 2.74. The standard InChI is InChI=1S/C16H13FINO/c1-11-10-14(18)7-8-15(11)19-16(20)9-4-12-2-5-13(17)6-3-12/h2-10H,1H3,(H,19,20). The Morgan fingerprint density at radius 1 is 1.20 bits per heavy atom. The Bertz CT molecular complexity index is 650. The summed E-state index contributed by atoms with van der Waals surface area (Å²) >= 11 is 2.23. The van der Waals surface area contributed by atoms with Gasteiger partial charge in [-0.05, 0) is 77.0 Å². The van der Waals surface area contributed by atoms with Gasteiger partial charge in [-0.2, -0.15) is 0 Å². The molecule has 0 fully saturated rings. The predicted octanol–water partition coefficient (Wildman–Crippen LogP) is 4.39. The van der Waals surface area contributed by atoms with Crippen LogP contribution in [0.25, 0.3) is 6.08 Å². The lowest BCUT2D eigenvalue weighted by Gasteiger charge is -2.06. The van der Waals surface area contributed by atoms with Crippen molar-refractivity contribution in [3.8, 4) is 0 Å². The van der Waals surface area contributed by atoms with Crippen LogP contribution in [0.3, 0.4) is 0 Å². The average Bonchev–Trinajstić information content (AvgIpc) is 2.41. The molecule has 0 spiro atoms. The summed E-state index contributed by atoms with van der Waals surface area (Å²) in [6.45, 7) is 1.95. The van der Waals surface area contributed by atoms with Crippen LogP contribution in [-0.4, -0.2) is 5.91 Å². The van der Waals surface area contributed by atoms with Crippen LogP contribution in [0.2, 0.25) is 0 Å². The number of hydrogen-bond donors (Lipinski definition) is 1. The quantitative estimate of drug-likeness (QED) is 0.620. The molecule has 2 nitrogen and oxygen atoms in total. The molecule has 2 aromatic rings. The molecule has 0 heterocycles. The lowest BCUT2D eigenvalue weighted by atomic mass is 10.2. The van der Waals surface area contributed by atoms with Gasteiger partial charge in [0.2, 0.25) is 5.91 Å². The van der Waals surface area contributed by atoms with Gasteiger partial charge in [-0.25, -0.2) is 4.39 Å². The zero-order valence-electron chi connectivity index (χ0n) is 10.9. The maximum atomic E-state index is 12.7. The third kappa shape index (κ3) is 4.16. The van der Waals surface area contributed by atoms with E-state index >= 15 is 0 Å². The van der Waals surface area contributed by atoms with E-state index in [0.29, 0.717) is 0 Å². The molecular weight excluding hydrogens is 368 g/mol. The molecule has 0 aliphatic heterocycles. The highest BCUT2D eigenvalue weighted by molar-refractivity contribution is 14.1. The normalized spacial score (nSPS) is 10.8. The van der Waals surface area contributed by atoms with Crippen LogP contribution in [0.4, 0.5) is 10.1 Å². The number of anilines is 1. The molecule has 0 radical (unpaired) electrons. The Morgan fingerprint density at radius 2 is 1.90 bits per heavy atom. The van der Waals surface area contributed by atoms with E-state index in [1.165, 1.54) is 18.2 Å². The number of amides is 1. The van der Waals surface area contributed by atoms with Crippen molar-refractivity contribution >= 4 is 40.3 Å². The Kier molecular flexibility index (Phi) is 4.89. The molecule has 0 unspecified atom stereocenters. The van der Waals surface area contributed by atoms with Gasteiger partial charge in [-0.1, -0.05) is 12.1 Å². The minimum absolute atomic E-state index is 0.210. The summed E-state index contributed by atoms with van der Waals surface area (Å²) in [6.07, 6.45) is 3.08. The fourth-order valence-corrected chi connectivity index (χ4v) is 2.33. The maximum absolute atomic E-state index is 12.7. The van der Waals surface area contributed by atoms with E-state index in [-0.39, 0.29) is 11.7 Å². The van der Waals surface area contributed by atoms with Gasteiger partial charge in [0.1, 0.15) is 5.82 Å². The first-order chi connectivity index (χ1) is 9.54. The fourth-order valence-electron chi connectivity index (χ4n) is 1.69. The van der Waals surface area contributed by atoms with E-state index < -0.39 is 0 Å². The summed E-state index contributed by atoms with van der Waals surface area (Å²) < 4.78 is 13.9. The number of carbonyl (C=O) groups excluding carboxylic acids is 1. The summed E-state index contributed by atoms with van der Waals surface area (Å²) in [4.78, 5) is 11.8. The Hall–Kier alpha value is -1.69. The molecule has 20 heavy (non-hydrogen) atoms. The van der Waals surface area contributed by atoms with Gasteiger partial charge in [0.25, 0.3) is 0 Å². The molecule has 2 rings (SSSR count). The molecule has 0 aliphatic rings. The van der Waals surface area contributed by atoms with Crippen LogP contribution >= 0.6 is 22.6 Å². The van der Waals surface area contributed by atoms with Gasteiger partial charge in [0.05, 0.1) is 0 Å². The number of aryl methyl sites for hydroxylation is 1. The molecular formula is C16H13FINO. The van der Waals surface area contributed by atoms with Crippen molar-refractivity contribution in [3.63, 3.8) is 0 Å². The van der Waals surface area contributed by atoms with E-state index in [1.54, 1.807) is 18.2 Å². The van der Waals surface area contributed by atoms with Crippen molar-refractivity contribution in [2.75, 3.05) is 5.32 Å². The number of rotatable bonds is 3. The first-order valence-corrected chi connectivity index (χ1v) is 7.13. The molecule has 4 heteroatoms. The number of benzene rings is 2. The zero-order chi connectivity index (χ0) is 14.5. The Labute approximate surface area is 130 Å². The van der Waals surface area contributed by atoms with Gasteiger partial charge < -0.3 is 5.32 Å². The van der Waals surface area contributed by atoms with Crippen LogP contribution in [-0.2, 0) is 4.79 Å². The highest BCUT2D eigenvalue weighted by Crippen LogP contribution is 2.17. The molecule has 0 aromatic heterocycles. The van der Waals surface area contributed by atoms with Crippen molar-refractivity contribution in [1.82, 2.24) is 0 Å². The summed E-state index contributed by atoms with van der Waals surface area (Å²) in [5.74, 6) is -0.500. The number of hydrogen-bond acceptors (Lipinski definition) is 1. The first kappa shape index (κ1) is 14.7. The van der Waals surface area contributed by atoms with Crippen LogP contribution in [0.1, 0.15) is 11.1 Å². The van der Waals surface area contributed by atoms with Gasteiger partial charge in [0, 0.05) is 15.3 Å². The second-order valence-electron chi connectivity index (χ2n) is 4.33. The van der Waals surface area contributed by atoms with Crippen molar-refractivity contribution in [1.29, 1.82) is 0 Å². The summed E-state index contributed by atoms with van der Waals surface area (Å²) in [7, 11) is 0. The molecule has 0 saturated heterocycles. The second-order valence-corrected chi connectivity index (χ2v) is 5.58. The highest BCUT2D eigenvalue weighted by Gasteiger charge is 2.02. The van der Waals surface area contributed by atoms with Crippen LogP contribution < -0.4 is 5.32 Å². The number of carbonyl (C=O) groups is 1. The first-order valence-electron chi connectivity index (χ1n) is 6.05. The van der Waals surface area contributed by atoms with Crippen molar-refractivity contribution in [3.05, 3.63) is 69.1 Å². The molecule has 0 aliphatic carbocycles. The molecule has 0 saturated carbocycles. The minimum atomic E-state index is -0.291. The van der Waals surface area contributed by atoms with Crippen LogP contribution in [0.5, 0.6) is 0 Å². The Balaban J connectivity index is 2.03. The third-order valence-corrected chi connectivity index (χ3v) is 3.41. The SMILES string of the molecule is Cc1cc(I)ccc1NC(=O)C=Cc1ccc(F)cc1. The summed E-state index contributed by atoms with van der Waals surface area (Å²) in [6, 6.07) is 11.8. The van der Waals surface area contributed by atoms with Crippen molar-refractivity contribution < 1.29 is 9.18 Å².